The Morgan fingerprint density at radius 1 is 1.35 bits per heavy atom. The smallest absolute Gasteiger partial charge is 0.288 e. The highest BCUT2D eigenvalue weighted by atomic mass is 79.9. The lowest BCUT2D eigenvalue weighted by molar-refractivity contribution is -0.384. The number of aromatic nitrogens is 2. The number of hydrogen-bond acceptors (Lipinski definition) is 5. The van der Waals surface area contributed by atoms with Gasteiger partial charge in [-0.2, -0.15) is 0 Å². The van der Waals surface area contributed by atoms with Crippen molar-refractivity contribution in [2.24, 2.45) is 0 Å². The summed E-state index contributed by atoms with van der Waals surface area (Å²) in [5.41, 5.74) is 0.0295. The molecule has 134 valence electrons. The van der Waals surface area contributed by atoms with Crippen LogP contribution in [-0.2, 0) is 0 Å². The maximum Gasteiger partial charge on any atom is 0.288 e. The molecule has 7 nitrogen and oxygen atoms in total. The van der Waals surface area contributed by atoms with Crippen LogP contribution in [0, 0.1) is 10.1 Å². The first-order chi connectivity index (χ1) is 12.4. The maximum atomic E-state index is 12.5. The van der Waals surface area contributed by atoms with Crippen molar-refractivity contribution in [2.75, 3.05) is 6.61 Å². The zero-order valence-electron chi connectivity index (χ0n) is 13.6. The van der Waals surface area contributed by atoms with Gasteiger partial charge in [-0.15, -0.1) is 0 Å². The Morgan fingerprint density at radius 2 is 2.12 bits per heavy atom. The van der Waals surface area contributed by atoms with Crippen molar-refractivity contribution < 1.29 is 9.66 Å². The van der Waals surface area contributed by atoms with Crippen molar-refractivity contribution in [1.82, 2.24) is 9.97 Å². The third-order valence-electron chi connectivity index (χ3n) is 3.63. The number of nitro groups is 1. The van der Waals surface area contributed by atoms with Crippen LogP contribution < -0.4 is 10.3 Å². The summed E-state index contributed by atoms with van der Waals surface area (Å²) in [4.78, 5) is 29.9. The van der Waals surface area contributed by atoms with Gasteiger partial charge in [-0.05, 0) is 30.7 Å². The van der Waals surface area contributed by atoms with Gasteiger partial charge in [0.25, 0.3) is 11.2 Å². The van der Waals surface area contributed by atoms with Crippen LogP contribution in [0.1, 0.15) is 13.3 Å². The van der Waals surface area contributed by atoms with Crippen molar-refractivity contribution in [3.63, 3.8) is 0 Å². The van der Waals surface area contributed by atoms with E-state index in [0.717, 1.165) is 17.0 Å². The van der Waals surface area contributed by atoms with Gasteiger partial charge in [-0.1, -0.05) is 34.5 Å². The Hall–Kier alpha value is -2.45. The Kier molecular flexibility index (Phi) is 5.24. The fourth-order valence-corrected chi connectivity index (χ4v) is 3.03. The fraction of sp³-hybridized carbons (Fsp3) is 0.176. The first kappa shape index (κ1) is 18.3. The molecule has 0 fully saturated rings. The summed E-state index contributed by atoms with van der Waals surface area (Å²) in [6.45, 7) is 2.51. The van der Waals surface area contributed by atoms with Gasteiger partial charge in [0.15, 0.2) is 0 Å². The van der Waals surface area contributed by atoms with E-state index in [-0.39, 0.29) is 21.6 Å². The van der Waals surface area contributed by atoms with Crippen LogP contribution in [0.2, 0.25) is 5.02 Å². The molecule has 0 saturated carbocycles. The zero-order valence-corrected chi connectivity index (χ0v) is 15.9. The van der Waals surface area contributed by atoms with Gasteiger partial charge in [0.1, 0.15) is 16.6 Å². The molecule has 0 aliphatic rings. The van der Waals surface area contributed by atoms with Crippen molar-refractivity contribution in [1.29, 1.82) is 0 Å². The van der Waals surface area contributed by atoms with Crippen molar-refractivity contribution in [3.8, 4) is 17.1 Å². The molecule has 0 aliphatic carbocycles. The quantitative estimate of drug-likeness (QED) is 0.460. The Bertz CT molecular complexity index is 1070. The number of nitrogens with zero attached hydrogens (tertiary/aromatic N) is 2. The molecule has 0 bridgehead atoms. The van der Waals surface area contributed by atoms with E-state index in [2.05, 4.69) is 25.9 Å². The standard InChI is InChI=1S/C17H13BrClN3O4/c1-2-5-26-15-4-3-9(18)6-11(15)16-20-13-8-12(19)14(22(24)25)7-10(13)17(23)21-16/h3-4,6-8H,2,5H2,1H3,(H,20,21,23). The van der Waals surface area contributed by atoms with Gasteiger partial charge in [-0.25, -0.2) is 4.98 Å². The molecule has 0 atom stereocenters. The molecule has 0 radical (unpaired) electrons. The highest BCUT2D eigenvalue weighted by Crippen LogP contribution is 2.32. The van der Waals surface area contributed by atoms with Crippen LogP contribution in [-0.4, -0.2) is 21.5 Å². The maximum absolute atomic E-state index is 12.5. The second kappa shape index (κ2) is 7.43. The molecular weight excluding hydrogens is 426 g/mol. The highest BCUT2D eigenvalue weighted by Gasteiger charge is 2.18. The summed E-state index contributed by atoms with van der Waals surface area (Å²) >= 11 is 9.34. The van der Waals surface area contributed by atoms with Crippen molar-refractivity contribution in [3.05, 3.63) is 60.3 Å². The molecule has 0 spiro atoms. The van der Waals surface area contributed by atoms with Crippen LogP contribution in [0.15, 0.2) is 39.6 Å². The molecule has 1 heterocycles. The van der Waals surface area contributed by atoms with E-state index >= 15 is 0 Å². The predicted molar refractivity (Wildman–Crippen MR) is 103 cm³/mol. The van der Waals surface area contributed by atoms with E-state index in [1.807, 2.05) is 13.0 Å². The molecule has 9 heteroatoms. The minimum absolute atomic E-state index is 0.0803. The average molecular weight is 439 g/mol. The lowest BCUT2D eigenvalue weighted by atomic mass is 10.1. The molecule has 0 unspecified atom stereocenters. The molecule has 0 saturated heterocycles. The summed E-state index contributed by atoms with van der Waals surface area (Å²) in [6, 6.07) is 7.83. The lowest BCUT2D eigenvalue weighted by Crippen LogP contribution is -2.11. The summed E-state index contributed by atoms with van der Waals surface area (Å²) < 4.78 is 6.52. The van der Waals surface area contributed by atoms with Gasteiger partial charge < -0.3 is 9.72 Å². The van der Waals surface area contributed by atoms with Crippen molar-refractivity contribution >= 4 is 44.1 Å². The summed E-state index contributed by atoms with van der Waals surface area (Å²) in [7, 11) is 0. The SMILES string of the molecule is CCCOc1ccc(Br)cc1-c1nc2cc(Cl)c([N+](=O)[O-])cc2c(=O)[nH]1. The lowest BCUT2D eigenvalue weighted by Gasteiger charge is -2.11. The Morgan fingerprint density at radius 3 is 2.81 bits per heavy atom. The molecule has 2 aromatic carbocycles. The second-order valence-corrected chi connectivity index (χ2v) is 6.80. The first-order valence-corrected chi connectivity index (χ1v) is 8.88. The fourth-order valence-electron chi connectivity index (χ4n) is 2.44. The predicted octanol–water partition coefficient (Wildman–Crippen LogP) is 4.70. The number of aromatic amines is 1. The van der Waals surface area contributed by atoms with E-state index in [1.54, 1.807) is 12.1 Å². The average Bonchev–Trinajstić information content (AvgIpc) is 2.59. The van der Waals surface area contributed by atoms with E-state index in [4.69, 9.17) is 16.3 Å². The van der Waals surface area contributed by atoms with Gasteiger partial charge >= 0.3 is 0 Å². The number of rotatable bonds is 5. The van der Waals surface area contributed by atoms with Crippen LogP contribution in [0.3, 0.4) is 0 Å². The molecule has 1 aromatic heterocycles. The third kappa shape index (κ3) is 3.56. The topological polar surface area (TPSA) is 98.1 Å². The van der Waals surface area contributed by atoms with E-state index in [1.165, 1.54) is 6.07 Å². The zero-order chi connectivity index (χ0) is 18.8. The number of nitrogens with one attached hydrogen (secondary N) is 1. The van der Waals surface area contributed by atoms with Crippen molar-refractivity contribution in [2.45, 2.75) is 13.3 Å². The number of nitro benzene ring substituents is 1. The van der Waals surface area contributed by atoms with E-state index < -0.39 is 10.5 Å². The van der Waals surface area contributed by atoms with Crippen LogP contribution in [0.5, 0.6) is 5.75 Å². The summed E-state index contributed by atoms with van der Waals surface area (Å²) in [5.74, 6) is 0.866. The minimum Gasteiger partial charge on any atom is -0.493 e. The number of ether oxygens (including phenoxy) is 1. The molecule has 0 aliphatic heterocycles. The third-order valence-corrected chi connectivity index (χ3v) is 4.43. The van der Waals surface area contributed by atoms with Gasteiger partial charge in [0, 0.05) is 10.5 Å². The monoisotopic (exact) mass is 437 g/mol. The van der Waals surface area contributed by atoms with E-state index in [0.29, 0.717) is 23.7 Å². The summed E-state index contributed by atoms with van der Waals surface area (Å²) in [6.07, 6.45) is 0.830. The van der Waals surface area contributed by atoms with E-state index in [9.17, 15) is 14.9 Å². The number of H-pyrrole nitrogens is 1. The Balaban J connectivity index is 2.21. The largest absolute Gasteiger partial charge is 0.493 e. The molecule has 26 heavy (non-hydrogen) atoms. The molecular formula is C17H13BrClN3O4. The summed E-state index contributed by atoms with van der Waals surface area (Å²) in [5, 5.41) is 11.0. The number of benzene rings is 2. The van der Waals surface area contributed by atoms with Crippen LogP contribution in [0.25, 0.3) is 22.3 Å². The number of halogens is 2. The van der Waals surface area contributed by atoms with Crippen LogP contribution in [0.4, 0.5) is 5.69 Å². The second-order valence-electron chi connectivity index (χ2n) is 5.48. The Labute approximate surface area is 161 Å². The molecule has 0 amide bonds. The first-order valence-electron chi connectivity index (χ1n) is 7.71. The highest BCUT2D eigenvalue weighted by molar-refractivity contribution is 9.10. The molecule has 3 aromatic rings. The van der Waals surface area contributed by atoms with Gasteiger partial charge in [0.05, 0.1) is 28.0 Å². The number of hydrogen-bond donors (Lipinski definition) is 1. The molecule has 3 rings (SSSR count). The normalized spacial score (nSPS) is 10.9. The van der Waals surface area contributed by atoms with Gasteiger partial charge in [0.2, 0.25) is 0 Å². The number of fused-ring (bicyclic) bond motifs is 1. The van der Waals surface area contributed by atoms with Gasteiger partial charge in [-0.3, -0.25) is 14.9 Å². The minimum atomic E-state index is -0.639. The molecule has 1 N–H and O–H groups in total. The van der Waals surface area contributed by atoms with Crippen LogP contribution >= 0.6 is 27.5 Å².